The quantitative estimate of drug-likeness (QED) is 0.463. The molecule has 10 heavy (non-hydrogen) atoms. The fraction of sp³-hybridized carbons (Fsp3) is 0.222. The Labute approximate surface area is 60.7 Å². The lowest BCUT2D eigenvalue weighted by Gasteiger charge is -1.82. The van der Waals surface area contributed by atoms with E-state index in [-0.39, 0.29) is 5.78 Å². The van der Waals surface area contributed by atoms with E-state index < -0.39 is 0 Å². The Morgan fingerprint density at radius 2 is 2.00 bits per heavy atom. The summed E-state index contributed by atoms with van der Waals surface area (Å²) in [6.07, 6.45) is 12.7. The number of ketones is 1. The average Bonchev–Trinajstić information content (AvgIpc) is 2.02. The zero-order chi connectivity index (χ0) is 7.23. The van der Waals surface area contributed by atoms with E-state index in [0.29, 0.717) is 6.42 Å². The molecule has 52 valence electrons. The van der Waals surface area contributed by atoms with Crippen molar-refractivity contribution < 1.29 is 4.79 Å². The zero-order valence-electron chi connectivity index (χ0n) is 5.79. The summed E-state index contributed by atoms with van der Waals surface area (Å²) in [5.41, 5.74) is 0. The maximum atomic E-state index is 10.8. The van der Waals surface area contributed by atoms with Crippen molar-refractivity contribution in [1.82, 2.24) is 0 Å². The van der Waals surface area contributed by atoms with Crippen molar-refractivity contribution in [2.24, 2.45) is 0 Å². The molecule has 0 aliphatic heterocycles. The number of carbonyl (C=O) groups excluding carboxylic acids is 1. The molecule has 0 bridgehead atoms. The minimum Gasteiger partial charge on any atom is -0.295 e. The normalized spacial score (nSPS) is 27.8. The molecule has 0 heterocycles. The molecule has 0 fully saturated rings. The second kappa shape index (κ2) is 3.83. The van der Waals surface area contributed by atoms with E-state index in [4.69, 9.17) is 0 Å². The molecule has 0 aromatic heterocycles. The monoisotopic (exact) mass is 134 g/mol. The summed E-state index contributed by atoms with van der Waals surface area (Å²) in [5.74, 6) is 0.169. The number of hydrogen-bond donors (Lipinski definition) is 0. The van der Waals surface area contributed by atoms with E-state index >= 15 is 0 Å². The van der Waals surface area contributed by atoms with Gasteiger partial charge in [-0.1, -0.05) is 30.4 Å². The Hall–Kier alpha value is -1.11. The lowest BCUT2D eigenvalue weighted by molar-refractivity contribution is -0.113. The molecule has 1 nitrogen and oxygen atoms in total. The van der Waals surface area contributed by atoms with Crippen LogP contribution in [0, 0.1) is 0 Å². The van der Waals surface area contributed by atoms with Crippen LogP contribution in [-0.4, -0.2) is 5.78 Å². The van der Waals surface area contributed by atoms with Gasteiger partial charge in [0.05, 0.1) is 0 Å². The first-order chi connectivity index (χ1) is 4.89. The van der Waals surface area contributed by atoms with Gasteiger partial charge in [-0.05, 0) is 12.5 Å². The molecule has 0 radical (unpaired) electrons. The molecule has 1 aliphatic rings. The van der Waals surface area contributed by atoms with Gasteiger partial charge in [0.2, 0.25) is 0 Å². The van der Waals surface area contributed by atoms with E-state index in [0.717, 1.165) is 6.42 Å². The van der Waals surface area contributed by atoms with Crippen LogP contribution in [-0.2, 0) is 4.79 Å². The minimum absolute atomic E-state index is 0.169. The summed E-state index contributed by atoms with van der Waals surface area (Å²) in [6.45, 7) is 0. The molecule has 0 saturated carbocycles. The van der Waals surface area contributed by atoms with Gasteiger partial charge < -0.3 is 0 Å². The summed E-state index contributed by atoms with van der Waals surface area (Å²) < 4.78 is 0. The Morgan fingerprint density at radius 1 is 1.10 bits per heavy atom. The first kappa shape index (κ1) is 7.00. The Bertz CT molecular complexity index is 197. The summed E-state index contributed by atoms with van der Waals surface area (Å²) in [4.78, 5) is 10.8. The third kappa shape index (κ3) is 2.44. The molecule has 0 saturated heterocycles. The second-order valence-electron chi connectivity index (χ2n) is 2.16. The molecule has 0 N–H and O–H groups in total. The van der Waals surface area contributed by atoms with Gasteiger partial charge in [0.1, 0.15) is 0 Å². The van der Waals surface area contributed by atoms with Crippen LogP contribution in [0.4, 0.5) is 0 Å². The number of hydrogen-bond acceptors (Lipinski definition) is 1. The van der Waals surface area contributed by atoms with Crippen molar-refractivity contribution in [3.05, 3.63) is 36.5 Å². The third-order valence-corrected chi connectivity index (χ3v) is 1.29. The van der Waals surface area contributed by atoms with Gasteiger partial charge in [-0.15, -0.1) is 0 Å². The Kier molecular flexibility index (Phi) is 2.68. The molecule has 0 aromatic rings. The number of rotatable bonds is 0. The average molecular weight is 134 g/mol. The van der Waals surface area contributed by atoms with Crippen molar-refractivity contribution in [2.45, 2.75) is 12.8 Å². The van der Waals surface area contributed by atoms with Crippen LogP contribution >= 0.6 is 0 Å². The molecule has 1 heteroatoms. The van der Waals surface area contributed by atoms with Crippen LogP contribution in [0.2, 0.25) is 0 Å². The van der Waals surface area contributed by atoms with Crippen molar-refractivity contribution in [2.75, 3.05) is 0 Å². The highest BCUT2D eigenvalue weighted by Crippen LogP contribution is 1.95. The van der Waals surface area contributed by atoms with Crippen molar-refractivity contribution in [3.63, 3.8) is 0 Å². The maximum absolute atomic E-state index is 10.8. The Morgan fingerprint density at radius 3 is 2.90 bits per heavy atom. The van der Waals surface area contributed by atoms with Gasteiger partial charge in [-0.2, -0.15) is 0 Å². The topological polar surface area (TPSA) is 17.1 Å². The van der Waals surface area contributed by atoms with E-state index in [1.807, 2.05) is 24.3 Å². The first-order valence-electron chi connectivity index (χ1n) is 3.40. The summed E-state index contributed by atoms with van der Waals surface area (Å²) in [5, 5.41) is 0. The summed E-state index contributed by atoms with van der Waals surface area (Å²) in [6, 6.07) is 0. The van der Waals surface area contributed by atoms with Crippen LogP contribution in [0.3, 0.4) is 0 Å². The van der Waals surface area contributed by atoms with Gasteiger partial charge in [0.15, 0.2) is 5.78 Å². The lowest BCUT2D eigenvalue weighted by atomic mass is 10.2. The van der Waals surface area contributed by atoms with Crippen LogP contribution in [0.25, 0.3) is 0 Å². The molecule has 0 spiro atoms. The van der Waals surface area contributed by atoms with Crippen molar-refractivity contribution >= 4 is 5.78 Å². The number of allylic oxidation sites excluding steroid dienone is 6. The van der Waals surface area contributed by atoms with Crippen LogP contribution in [0.1, 0.15) is 12.8 Å². The molecule has 1 aliphatic carbocycles. The van der Waals surface area contributed by atoms with Crippen molar-refractivity contribution in [1.29, 1.82) is 0 Å². The zero-order valence-corrected chi connectivity index (χ0v) is 5.79. The van der Waals surface area contributed by atoms with Gasteiger partial charge in [0.25, 0.3) is 0 Å². The maximum Gasteiger partial charge on any atom is 0.159 e. The minimum atomic E-state index is 0.169. The van der Waals surface area contributed by atoms with E-state index in [9.17, 15) is 4.79 Å². The predicted octanol–water partition coefficient (Wildman–Crippen LogP) is 2.02. The van der Waals surface area contributed by atoms with E-state index in [2.05, 4.69) is 0 Å². The van der Waals surface area contributed by atoms with E-state index in [1.165, 1.54) is 0 Å². The fourth-order valence-corrected chi connectivity index (χ4v) is 0.762. The highest BCUT2D eigenvalue weighted by molar-refractivity contribution is 5.90. The SMILES string of the molecule is O=C1/C=C\C=C/C/C=C\C1. The van der Waals surface area contributed by atoms with Gasteiger partial charge in [-0.25, -0.2) is 0 Å². The largest absolute Gasteiger partial charge is 0.295 e. The molecule has 0 amide bonds. The predicted molar refractivity (Wildman–Crippen MR) is 41.7 cm³/mol. The summed E-state index contributed by atoms with van der Waals surface area (Å²) in [7, 11) is 0. The third-order valence-electron chi connectivity index (χ3n) is 1.29. The lowest BCUT2D eigenvalue weighted by Crippen LogP contribution is -1.86. The second-order valence-corrected chi connectivity index (χ2v) is 2.16. The molecular weight excluding hydrogens is 124 g/mol. The van der Waals surface area contributed by atoms with E-state index in [1.54, 1.807) is 12.2 Å². The number of carbonyl (C=O) groups is 1. The highest BCUT2D eigenvalue weighted by atomic mass is 16.1. The molecule has 0 aromatic carbocycles. The van der Waals surface area contributed by atoms with Gasteiger partial charge in [0, 0.05) is 6.42 Å². The highest BCUT2D eigenvalue weighted by Gasteiger charge is 1.90. The molecule has 0 unspecified atom stereocenters. The van der Waals surface area contributed by atoms with Gasteiger partial charge in [-0.3, -0.25) is 4.79 Å². The standard InChI is InChI=1S/C9H10O/c10-9-7-5-3-1-2-4-6-8-9/h1,3-7H,2,8H2/b3-1-,6-4-,7-5-. The molecule has 0 atom stereocenters. The van der Waals surface area contributed by atoms with Crippen LogP contribution in [0.5, 0.6) is 0 Å². The Balaban J connectivity index is 2.62. The molecule has 1 rings (SSSR count). The van der Waals surface area contributed by atoms with Crippen LogP contribution < -0.4 is 0 Å². The first-order valence-corrected chi connectivity index (χ1v) is 3.40. The smallest absolute Gasteiger partial charge is 0.159 e. The van der Waals surface area contributed by atoms with Crippen LogP contribution in [0.15, 0.2) is 36.5 Å². The fourth-order valence-electron chi connectivity index (χ4n) is 0.762. The van der Waals surface area contributed by atoms with Crippen molar-refractivity contribution in [3.8, 4) is 0 Å². The molecular formula is C9H10O. The van der Waals surface area contributed by atoms with Gasteiger partial charge >= 0.3 is 0 Å². The summed E-state index contributed by atoms with van der Waals surface area (Å²) >= 11 is 0.